The Morgan fingerprint density at radius 2 is 2.20 bits per heavy atom. The van der Waals surface area contributed by atoms with Crippen molar-refractivity contribution in [1.82, 2.24) is 10.6 Å². The lowest BCUT2D eigenvalue weighted by Crippen LogP contribution is -2.38. The zero-order chi connectivity index (χ0) is 11.3. The van der Waals surface area contributed by atoms with Gasteiger partial charge in [-0.25, -0.2) is 0 Å². The Morgan fingerprint density at radius 1 is 1.53 bits per heavy atom. The van der Waals surface area contributed by atoms with Crippen LogP contribution in [0.5, 0.6) is 0 Å². The fraction of sp³-hybridized carbons (Fsp3) is 0.700. The highest BCUT2D eigenvalue weighted by Gasteiger charge is 2.15. The predicted octanol–water partition coefficient (Wildman–Crippen LogP) is -0.209. The molecule has 15 heavy (non-hydrogen) atoms. The minimum absolute atomic E-state index is 0.0281. The third-order valence-corrected chi connectivity index (χ3v) is 3.79. The maximum Gasteiger partial charge on any atom is 0.246 e. The zero-order valence-electron chi connectivity index (χ0n) is 9.26. The molecule has 0 bridgehead atoms. The van der Waals surface area contributed by atoms with Gasteiger partial charge in [-0.15, -0.1) is 0 Å². The summed E-state index contributed by atoms with van der Waals surface area (Å²) >= 11 is 0. The smallest absolute Gasteiger partial charge is 0.246 e. The second-order valence-electron chi connectivity index (χ2n) is 3.52. The maximum absolute atomic E-state index is 11.6. The Kier molecular flexibility index (Phi) is 4.98. The van der Waals surface area contributed by atoms with E-state index in [1.165, 1.54) is 5.57 Å². The second kappa shape index (κ2) is 6.02. The molecule has 4 nitrogen and oxygen atoms in total. The number of amides is 1. The molecule has 1 aliphatic rings. The molecule has 1 rings (SSSR count). The monoisotopic (exact) mass is 230 g/mol. The maximum atomic E-state index is 11.6. The van der Waals surface area contributed by atoms with Gasteiger partial charge >= 0.3 is 0 Å². The summed E-state index contributed by atoms with van der Waals surface area (Å²) in [6, 6.07) is 0. The summed E-state index contributed by atoms with van der Waals surface area (Å²) in [5, 5.41) is 5.87. The molecule has 1 fully saturated rings. The van der Waals surface area contributed by atoms with Crippen LogP contribution in [0.15, 0.2) is 11.1 Å². The van der Waals surface area contributed by atoms with Crippen molar-refractivity contribution in [1.29, 1.82) is 0 Å². The van der Waals surface area contributed by atoms with Gasteiger partial charge in [-0.3, -0.25) is 9.00 Å². The molecule has 1 aliphatic heterocycles. The molecule has 1 saturated heterocycles. The SMILES string of the molecule is CCS(=O)CCNC(=O)C(C)=C1CNC1. The van der Waals surface area contributed by atoms with Crippen LogP contribution >= 0.6 is 0 Å². The summed E-state index contributed by atoms with van der Waals surface area (Å²) in [5.41, 5.74) is 1.97. The van der Waals surface area contributed by atoms with E-state index in [9.17, 15) is 9.00 Å². The average Bonchev–Trinajstić information content (AvgIpc) is 2.14. The van der Waals surface area contributed by atoms with Crippen molar-refractivity contribution in [2.75, 3.05) is 31.1 Å². The number of hydrogen-bond donors (Lipinski definition) is 2. The van der Waals surface area contributed by atoms with E-state index in [1.807, 2.05) is 13.8 Å². The average molecular weight is 230 g/mol. The molecule has 5 heteroatoms. The first-order chi connectivity index (χ1) is 7.15. The molecule has 0 aromatic heterocycles. The van der Waals surface area contributed by atoms with Crippen LogP contribution < -0.4 is 10.6 Å². The normalized spacial score (nSPS) is 16.8. The lowest BCUT2D eigenvalue weighted by Gasteiger charge is -2.21. The summed E-state index contributed by atoms with van der Waals surface area (Å²) in [5.74, 6) is 1.17. The number of hydrogen-bond acceptors (Lipinski definition) is 3. The highest BCUT2D eigenvalue weighted by molar-refractivity contribution is 7.84. The van der Waals surface area contributed by atoms with Gasteiger partial charge in [0, 0.05) is 47.5 Å². The van der Waals surface area contributed by atoms with Gasteiger partial charge in [0.25, 0.3) is 0 Å². The van der Waals surface area contributed by atoms with E-state index in [0.29, 0.717) is 18.1 Å². The van der Waals surface area contributed by atoms with Crippen LogP contribution in [0.25, 0.3) is 0 Å². The molecule has 0 saturated carbocycles. The van der Waals surface area contributed by atoms with Gasteiger partial charge in [0.1, 0.15) is 0 Å². The van der Waals surface area contributed by atoms with Crippen LogP contribution in [0.2, 0.25) is 0 Å². The van der Waals surface area contributed by atoms with E-state index in [-0.39, 0.29) is 5.91 Å². The first-order valence-corrected chi connectivity index (χ1v) is 6.66. The molecule has 0 radical (unpaired) electrons. The van der Waals surface area contributed by atoms with Crippen molar-refractivity contribution in [3.63, 3.8) is 0 Å². The van der Waals surface area contributed by atoms with Crippen molar-refractivity contribution in [3.8, 4) is 0 Å². The predicted molar refractivity (Wildman–Crippen MR) is 62.1 cm³/mol. The third kappa shape index (κ3) is 3.76. The third-order valence-electron chi connectivity index (χ3n) is 2.48. The van der Waals surface area contributed by atoms with Crippen LogP contribution in [0.4, 0.5) is 0 Å². The largest absolute Gasteiger partial charge is 0.351 e. The molecule has 1 heterocycles. The minimum atomic E-state index is -0.798. The molecule has 1 amide bonds. The van der Waals surface area contributed by atoms with Crippen LogP contribution in [0.1, 0.15) is 13.8 Å². The van der Waals surface area contributed by atoms with Crippen LogP contribution in [-0.4, -0.2) is 41.3 Å². The lowest BCUT2D eigenvalue weighted by molar-refractivity contribution is -0.117. The first-order valence-electron chi connectivity index (χ1n) is 5.17. The van der Waals surface area contributed by atoms with Gasteiger partial charge in [-0.05, 0) is 12.5 Å². The fourth-order valence-corrected chi connectivity index (χ4v) is 1.85. The van der Waals surface area contributed by atoms with Gasteiger partial charge < -0.3 is 10.6 Å². The zero-order valence-corrected chi connectivity index (χ0v) is 10.1. The molecular formula is C10H18N2O2S. The van der Waals surface area contributed by atoms with Crippen molar-refractivity contribution >= 4 is 16.7 Å². The van der Waals surface area contributed by atoms with E-state index < -0.39 is 10.8 Å². The van der Waals surface area contributed by atoms with Gasteiger partial charge in [0.05, 0.1) is 0 Å². The van der Waals surface area contributed by atoms with Crippen LogP contribution in [0, 0.1) is 0 Å². The van der Waals surface area contributed by atoms with E-state index in [1.54, 1.807) is 0 Å². The van der Waals surface area contributed by atoms with Crippen molar-refractivity contribution in [2.45, 2.75) is 13.8 Å². The molecule has 1 unspecified atom stereocenters. The Morgan fingerprint density at radius 3 is 2.67 bits per heavy atom. The molecule has 0 aromatic carbocycles. The molecule has 2 N–H and O–H groups in total. The van der Waals surface area contributed by atoms with Crippen molar-refractivity contribution < 1.29 is 9.00 Å². The first kappa shape index (κ1) is 12.4. The molecule has 0 spiro atoms. The Hall–Kier alpha value is -0.680. The summed E-state index contributed by atoms with van der Waals surface area (Å²) in [6.07, 6.45) is 0. The standard InChI is InChI=1S/C10H18N2O2S/c1-3-15(14)5-4-12-10(13)8(2)9-6-11-7-9/h11H,3-7H2,1-2H3,(H,12,13). The summed E-state index contributed by atoms with van der Waals surface area (Å²) in [4.78, 5) is 11.6. The van der Waals surface area contributed by atoms with E-state index in [4.69, 9.17) is 0 Å². The molecular weight excluding hydrogens is 212 g/mol. The van der Waals surface area contributed by atoms with Gasteiger partial charge in [-0.2, -0.15) is 0 Å². The van der Waals surface area contributed by atoms with Crippen LogP contribution in [-0.2, 0) is 15.6 Å². The summed E-state index contributed by atoms with van der Waals surface area (Å²) in [7, 11) is -0.798. The highest BCUT2D eigenvalue weighted by Crippen LogP contribution is 2.08. The van der Waals surface area contributed by atoms with Crippen LogP contribution in [0.3, 0.4) is 0 Å². The topological polar surface area (TPSA) is 58.2 Å². The Bertz CT molecular complexity index is 294. The number of rotatable bonds is 5. The Labute approximate surface area is 93.0 Å². The molecule has 0 aromatic rings. The summed E-state index contributed by atoms with van der Waals surface area (Å²) in [6.45, 7) is 5.85. The van der Waals surface area contributed by atoms with E-state index in [2.05, 4.69) is 10.6 Å². The van der Waals surface area contributed by atoms with Gasteiger partial charge in [0.2, 0.25) is 5.91 Å². The van der Waals surface area contributed by atoms with Gasteiger partial charge in [0.15, 0.2) is 0 Å². The number of carbonyl (C=O) groups is 1. The lowest BCUT2D eigenvalue weighted by atomic mass is 10.0. The number of carbonyl (C=O) groups excluding carboxylic acids is 1. The second-order valence-corrected chi connectivity index (χ2v) is 5.39. The van der Waals surface area contributed by atoms with Crippen molar-refractivity contribution in [2.24, 2.45) is 0 Å². The van der Waals surface area contributed by atoms with Crippen molar-refractivity contribution in [3.05, 3.63) is 11.1 Å². The Balaban J connectivity index is 2.27. The quantitative estimate of drug-likeness (QED) is 0.643. The molecule has 0 aliphatic carbocycles. The molecule has 1 atom stereocenters. The van der Waals surface area contributed by atoms with E-state index >= 15 is 0 Å². The highest BCUT2D eigenvalue weighted by atomic mass is 32.2. The number of nitrogens with one attached hydrogen (secondary N) is 2. The fourth-order valence-electron chi connectivity index (χ4n) is 1.23. The summed E-state index contributed by atoms with van der Waals surface area (Å²) < 4.78 is 11.1. The van der Waals surface area contributed by atoms with E-state index in [0.717, 1.165) is 18.7 Å². The van der Waals surface area contributed by atoms with Gasteiger partial charge in [-0.1, -0.05) is 6.92 Å². The minimum Gasteiger partial charge on any atom is -0.351 e. The molecule has 86 valence electrons.